The number of azide groups is 1. The molecule has 2 N–H and O–H groups in total. The molecule has 2 aromatic carbocycles. The zero-order valence-electron chi connectivity index (χ0n) is 33.3. The summed E-state index contributed by atoms with van der Waals surface area (Å²) in [4.78, 5) is 64.5. The summed E-state index contributed by atoms with van der Waals surface area (Å²) in [5, 5.41) is 3.65. The monoisotopic (exact) mass is 863 g/mol. The first kappa shape index (κ1) is 47.3. The lowest BCUT2D eigenvalue weighted by atomic mass is 10.1. The Labute approximate surface area is 341 Å². The molecule has 1 aromatic heterocycles. The number of nitrogens with zero attached hydrogens (tertiary/aromatic N) is 4. The summed E-state index contributed by atoms with van der Waals surface area (Å²) < 4.78 is 66.2. The van der Waals surface area contributed by atoms with Crippen molar-refractivity contribution in [2.24, 2.45) is 5.11 Å². The molecular formula is C38H51N5O14P2. The largest absolute Gasteiger partial charge is 0.484 e. The van der Waals surface area contributed by atoms with E-state index in [4.69, 9.17) is 37.6 Å². The molecule has 0 spiro atoms. The molecule has 2 unspecified atom stereocenters. The standard InChI is InChI=1S/C38H51N5O14P2/c1-4-6-8-10-12-35(44)54-30-18-14-28(15-19-30)24-52-59(50,53-25-29-16-20-31(21-17-29)55-36(45)13-11-9-7-5-2)57-58(48,49)51-26-33-32(41-42-39)22-34(56-33)43-23-27(3)37(46)40-38(43)47/h14-21,23,32-34H,4-13,22,24-26H2,1-3H3,(H,48,49)(H,40,46,47)/t32?,33-,34-/m1/s1. The number of carbonyl (C=O) groups is 2. The first-order valence-electron chi connectivity index (χ1n) is 19.4. The third kappa shape index (κ3) is 15.9. The van der Waals surface area contributed by atoms with Gasteiger partial charge in [0.2, 0.25) is 0 Å². The summed E-state index contributed by atoms with van der Waals surface area (Å²) >= 11 is 0. The van der Waals surface area contributed by atoms with Crippen LogP contribution in [0.4, 0.5) is 0 Å². The number of aromatic nitrogens is 2. The SMILES string of the molecule is CCCCCCC(=O)Oc1ccc(COP(=O)(OCc2ccc(OC(=O)CCCCCC)cc2)OP(=O)(O)OC[C@H]2O[C@@H](n3cc(C)c(=O)[nH]c3=O)CC2N=[N+]=[N-])cc1. The molecule has 4 atom stereocenters. The summed E-state index contributed by atoms with van der Waals surface area (Å²) in [6, 6.07) is 11.2. The molecule has 59 heavy (non-hydrogen) atoms. The van der Waals surface area contributed by atoms with Gasteiger partial charge < -0.3 is 19.1 Å². The van der Waals surface area contributed by atoms with E-state index in [0.29, 0.717) is 24.0 Å². The van der Waals surface area contributed by atoms with Gasteiger partial charge in [-0.1, -0.05) is 81.8 Å². The van der Waals surface area contributed by atoms with E-state index in [1.54, 1.807) is 0 Å². The van der Waals surface area contributed by atoms with Crippen LogP contribution in [-0.4, -0.2) is 45.1 Å². The Morgan fingerprint density at radius 3 is 1.88 bits per heavy atom. The van der Waals surface area contributed by atoms with E-state index in [1.807, 2.05) is 0 Å². The maximum Gasteiger partial charge on any atom is 0.484 e. The molecule has 1 fully saturated rings. The van der Waals surface area contributed by atoms with Crippen molar-refractivity contribution in [3.8, 4) is 11.5 Å². The Hall–Kier alpha value is -4.41. The summed E-state index contributed by atoms with van der Waals surface area (Å²) in [7, 11) is -10.3. The summed E-state index contributed by atoms with van der Waals surface area (Å²) in [6.07, 6.45) is 6.91. The number of aryl methyl sites for hydroxylation is 1. The molecule has 0 aliphatic carbocycles. The van der Waals surface area contributed by atoms with E-state index in [1.165, 1.54) is 61.7 Å². The van der Waals surface area contributed by atoms with Gasteiger partial charge in [-0.3, -0.25) is 37.5 Å². The Morgan fingerprint density at radius 1 is 0.864 bits per heavy atom. The van der Waals surface area contributed by atoms with Crippen LogP contribution < -0.4 is 20.7 Å². The fourth-order valence-corrected chi connectivity index (χ4v) is 8.40. The third-order valence-corrected chi connectivity index (χ3v) is 12.0. The number of benzene rings is 2. The highest BCUT2D eigenvalue weighted by Crippen LogP contribution is 2.64. The van der Waals surface area contributed by atoms with Gasteiger partial charge in [-0.2, -0.15) is 4.31 Å². The van der Waals surface area contributed by atoms with Crippen molar-refractivity contribution in [3.05, 3.63) is 103 Å². The minimum atomic E-state index is -5.30. The van der Waals surface area contributed by atoms with Crippen LogP contribution in [0, 0.1) is 6.92 Å². The molecular weight excluding hydrogens is 812 g/mol. The second-order valence-corrected chi connectivity index (χ2v) is 17.1. The summed E-state index contributed by atoms with van der Waals surface area (Å²) in [5.41, 5.74) is 8.76. The number of hydrogen-bond acceptors (Lipinski definition) is 14. The zero-order valence-corrected chi connectivity index (χ0v) is 35.1. The van der Waals surface area contributed by atoms with Gasteiger partial charge in [0.25, 0.3) is 5.56 Å². The molecule has 19 nitrogen and oxygen atoms in total. The molecule has 0 bridgehead atoms. The van der Waals surface area contributed by atoms with Gasteiger partial charge in [-0.15, -0.1) is 0 Å². The van der Waals surface area contributed by atoms with Crippen molar-refractivity contribution < 1.29 is 55.7 Å². The number of phosphoric acid groups is 2. The number of H-pyrrole nitrogens is 1. The molecule has 3 aromatic rings. The molecule has 0 radical (unpaired) electrons. The predicted molar refractivity (Wildman–Crippen MR) is 213 cm³/mol. The topological polar surface area (TPSA) is 257 Å². The summed E-state index contributed by atoms with van der Waals surface area (Å²) in [6.45, 7) is 3.99. The van der Waals surface area contributed by atoms with Gasteiger partial charge in [0.1, 0.15) is 17.7 Å². The minimum absolute atomic E-state index is 0.0569. The van der Waals surface area contributed by atoms with E-state index in [-0.39, 0.29) is 48.3 Å². The van der Waals surface area contributed by atoms with Crippen molar-refractivity contribution in [1.29, 1.82) is 0 Å². The first-order valence-corrected chi connectivity index (χ1v) is 22.4. The van der Waals surface area contributed by atoms with E-state index >= 15 is 0 Å². The maximum atomic E-state index is 14.0. The molecule has 1 aliphatic heterocycles. The highest BCUT2D eigenvalue weighted by Gasteiger charge is 2.42. The smallest absolute Gasteiger partial charge is 0.427 e. The predicted octanol–water partition coefficient (Wildman–Crippen LogP) is 8.24. The van der Waals surface area contributed by atoms with Gasteiger partial charge in [0, 0.05) is 35.9 Å². The van der Waals surface area contributed by atoms with Gasteiger partial charge >= 0.3 is 33.3 Å². The number of esters is 2. The lowest BCUT2D eigenvalue weighted by Crippen LogP contribution is -2.33. The summed E-state index contributed by atoms with van der Waals surface area (Å²) in [5.74, 6) is -0.207. The van der Waals surface area contributed by atoms with E-state index < -0.39 is 65.1 Å². The van der Waals surface area contributed by atoms with Crippen molar-refractivity contribution in [2.45, 2.75) is 123 Å². The number of hydrogen-bond donors (Lipinski definition) is 2. The number of phosphoric ester groups is 2. The Morgan fingerprint density at radius 2 is 1.39 bits per heavy atom. The molecule has 21 heteroatoms. The van der Waals surface area contributed by atoms with Crippen LogP contribution in [0.1, 0.15) is 107 Å². The Bertz CT molecular complexity index is 2030. The quantitative estimate of drug-likeness (QED) is 0.0155. The highest BCUT2D eigenvalue weighted by atomic mass is 31.3. The van der Waals surface area contributed by atoms with Crippen LogP contribution >= 0.6 is 15.6 Å². The Kier molecular flexibility index (Phi) is 18.7. The third-order valence-electron chi connectivity index (χ3n) is 9.02. The molecule has 1 aliphatic rings. The van der Waals surface area contributed by atoms with Crippen LogP contribution in [0.25, 0.3) is 10.4 Å². The van der Waals surface area contributed by atoms with Gasteiger partial charge in [0.05, 0.1) is 32.0 Å². The van der Waals surface area contributed by atoms with Crippen LogP contribution in [0.15, 0.2) is 69.4 Å². The molecule has 322 valence electrons. The number of rotatable bonds is 25. The lowest BCUT2D eigenvalue weighted by Gasteiger charge is -2.22. The molecule has 0 amide bonds. The normalized spacial score (nSPS) is 17.5. The molecule has 0 saturated carbocycles. The number of ether oxygens (including phenoxy) is 3. The first-order chi connectivity index (χ1) is 28.2. The maximum absolute atomic E-state index is 14.0. The highest BCUT2D eigenvalue weighted by molar-refractivity contribution is 7.61. The number of unbranched alkanes of at least 4 members (excludes halogenated alkanes) is 6. The number of nitrogens with one attached hydrogen (secondary N) is 1. The van der Waals surface area contributed by atoms with Crippen LogP contribution in [-0.2, 0) is 54.6 Å². The van der Waals surface area contributed by atoms with Crippen molar-refractivity contribution >= 4 is 27.6 Å². The van der Waals surface area contributed by atoms with Gasteiger partial charge in [-0.05, 0) is 60.7 Å². The van der Waals surface area contributed by atoms with Gasteiger partial charge in [0.15, 0.2) is 0 Å². The minimum Gasteiger partial charge on any atom is -0.427 e. The second-order valence-electron chi connectivity index (χ2n) is 13.8. The molecule has 4 rings (SSSR count). The lowest BCUT2D eigenvalue weighted by molar-refractivity contribution is -0.135. The molecule has 1 saturated heterocycles. The van der Waals surface area contributed by atoms with Crippen LogP contribution in [0.3, 0.4) is 0 Å². The van der Waals surface area contributed by atoms with Crippen LogP contribution in [0.5, 0.6) is 11.5 Å². The number of aromatic amines is 1. The van der Waals surface area contributed by atoms with E-state index in [9.17, 15) is 33.2 Å². The Balaban J connectivity index is 1.43. The zero-order chi connectivity index (χ0) is 42.8. The average Bonchev–Trinajstić information content (AvgIpc) is 3.60. The van der Waals surface area contributed by atoms with Crippen LogP contribution in [0.2, 0.25) is 0 Å². The average molecular weight is 864 g/mol. The van der Waals surface area contributed by atoms with Gasteiger partial charge in [-0.25, -0.2) is 13.9 Å². The van der Waals surface area contributed by atoms with E-state index in [0.717, 1.165) is 43.1 Å². The van der Waals surface area contributed by atoms with E-state index in [2.05, 4.69) is 28.9 Å². The number of carbonyl (C=O) groups excluding carboxylic acids is 2. The fourth-order valence-electron chi connectivity index (χ4n) is 5.80. The van der Waals surface area contributed by atoms with Crippen molar-refractivity contribution in [1.82, 2.24) is 9.55 Å². The van der Waals surface area contributed by atoms with Crippen molar-refractivity contribution in [3.63, 3.8) is 0 Å². The fraction of sp³-hybridized carbons (Fsp3) is 0.526. The van der Waals surface area contributed by atoms with Crippen molar-refractivity contribution in [2.75, 3.05) is 6.61 Å². The molecule has 2 heterocycles. The second kappa shape index (κ2) is 23.4.